The molecule has 2 aliphatic heterocycles. The van der Waals surface area contributed by atoms with Gasteiger partial charge in [-0.3, -0.25) is 4.79 Å². The van der Waals surface area contributed by atoms with Crippen molar-refractivity contribution < 1.29 is 69.0 Å². The molecular weight excluding hydrogens is 1000 g/mol. The highest BCUT2D eigenvalue weighted by molar-refractivity contribution is 5.69. The van der Waals surface area contributed by atoms with Crippen LogP contribution in [0.15, 0.2) is 109 Å². The molecule has 0 aromatic carbocycles. The first-order valence-corrected chi connectivity index (χ1v) is 30.5. The monoisotopic (exact) mass is 1110 g/mol. The van der Waals surface area contributed by atoms with Gasteiger partial charge in [0.25, 0.3) is 0 Å². The Morgan fingerprint density at radius 3 is 1.23 bits per heavy atom. The van der Waals surface area contributed by atoms with E-state index in [0.29, 0.717) is 13.0 Å². The Morgan fingerprint density at radius 2 is 0.785 bits per heavy atom. The van der Waals surface area contributed by atoms with Crippen LogP contribution in [0.2, 0.25) is 0 Å². The van der Waals surface area contributed by atoms with Gasteiger partial charge < -0.3 is 64.2 Å². The van der Waals surface area contributed by atoms with Gasteiger partial charge in [-0.2, -0.15) is 0 Å². The Bertz CT molecular complexity index is 1720. The van der Waals surface area contributed by atoms with Crippen LogP contribution in [-0.4, -0.2) is 142 Å². The van der Waals surface area contributed by atoms with Crippen molar-refractivity contribution in [2.24, 2.45) is 0 Å². The number of esters is 1. The van der Waals surface area contributed by atoms with Crippen molar-refractivity contribution in [1.82, 2.24) is 0 Å². The Kier molecular flexibility index (Phi) is 45.8. The topological polar surface area (TPSA) is 214 Å². The third-order valence-electron chi connectivity index (χ3n) is 13.8. The van der Waals surface area contributed by atoms with Crippen molar-refractivity contribution >= 4 is 5.97 Å². The van der Waals surface area contributed by atoms with Gasteiger partial charge in [0.05, 0.1) is 26.4 Å². The largest absolute Gasteiger partial charge is 0.457 e. The molecule has 14 heteroatoms. The molecule has 2 saturated heterocycles. The molecule has 0 aromatic rings. The minimum atomic E-state index is -1.72. The normalized spacial score (nSPS) is 24.8. The maximum atomic E-state index is 13.1. The van der Waals surface area contributed by atoms with Crippen molar-refractivity contribution in [2.75, 3.05) is 33.0 Å². The number of rotatable bonds is 48. The summed E-state index contributed by atoms with van der Waals surface area (Å²) in [6.45, 7) is 3.42. The second-order valence-electron chi connectivity index (χ2n) is 20.8. The van der Waals surface area contributed by atoms with Crippen LogP contribution < -0.4 is 0 Å². The first kappa shape index (κ1) is 71.8. The smallest absolute Gasteiger partial charge is 0.306 e. The van der Waals surface area contributed by atoms with Gasteiger partial charge in [0, 0.05) is 13.0 Å². The summed E-state index contributed by atoms with van der Waals surface area (Å²) < 4.78 is 34.4. The average Bonchev–Trinajstić information content (AvgIpc) is 3.46. The molecule has 0 saturated carbocycles. The predicted octanol–water partition coefficient (Wildman–Crippen LogP) is 11.5. The van der Waals surface area contributed by atoms with Gasteiger partial charge in [-0.15, -0.1) is 0 Å². The molecule has 2 heterocycles. The number of ether oxygens (including phenoxy) is 6. The predicted molar refractivity (Wildman–Crippen MR) is 316 cm³/mol. The van der Waals surface area contributed by atoms with Gasteiger partial charge in [0.15, 0.2) is 12.6 Å². The molecule has 0 amide bonds. The van der Waals surface area contributed by atoms with Gasteiger partial charge in [-0.05, 0) is 96.3 Å². The van der Waals surface area contributed by atoms with Crippen molar-refractivity contribution in [1.29, 1.82) is 0 Å². The van der Waals surface area contributed by atoms with Gasteiger partial charge in [-0.25, -0.2) is 0 Å². The summed E-state index contributed by atoms with van der Waals surface area (Å²) in [5, 5.41) is 72.5. The molecule has 0 aromatic heterocycles. The van der Waals surface area contributed by atoms with Crippen LogP contribution in [0.1, 0.15) is 194 Å². The third-order valence-corrected chi connectivity index (χ3v) is 13.8. The number of carbonyl (C=O) groups excluding carboxylic acids is 1. The van der Waals surface area contributed by atoms with E-state index >= 15 is 0 Å². The highest BCUT2D eigenvalue weighted by atomic mass is 16.7. The van der Waals surface area contributed by atoms with Crippen LogP contribution in [-0.2, 0) is 33.2 Å². The minimum Gasteiger partial charge on any atom is -0.457 e. The Morgan fingerprint density at radius 1 is 0.418 bits per heavy atom. The second-order valence-corrected chi connectivity index (χ2v) is 20.8. The molecule has 14 nitrogen and oxygen atoms in total. The summed E-state index contributed by atoms with van der Waals surface area (Å²) in [6, 6.07) is 0. The second kappa shape index (κ2) is 50.4. The SMILES string of the molecule is CC/C=C\C/C=C\C/C=C\C/C=C\C/C=C\CCCCCCCCCCOCC(COC1OC(COC2OC(CO)C(O)C(O)C2O)C(O)C(O)C1O)OC(=O)CCCCCCCCCC/C=C\C/C=C\C/C=C\C/C=C\CC. The van der Waals surface area contributed by atoms with Crippen LogP contribution in [0.3, 0.4) is 0 Å². The molecule has 0 spiro atoms. The fraction of sp³-hybridized carbons (Fsp3) is 0.708. The zero-order valence-electron chi connectivity index (χ0n) is 48.6. The van der Waals surface area contributed by atoms with E-state index in [4.69, 9.17) is 28.4 Å². The van der Waals surface area contributed by atoms with E-state index in [-0.39, 0.29) is 19.6 Å². The van der Waals surface area contributed by atoms with E-state index < -0.39 is 86.7 Å². The van der Waals surface area contributed by atoms with Gasteiger partial charge in [0.1, 0.15) is 54.9 Å². The standard InChI is InChI=1S/C65H108O14/c1-3-5-7-9-11-13-15-17-19-21-23-25-26-27-29-31-33-35-37-39-41-43-45-47-49-74-51-54(52-75-64-63(73)61(71)59(69)56(79-64)53-76-65-62(72)60(70)58(68)55(50-66)78-65)77-57(67)48-46-44-42-40-38-36-34-32-30-28-24-22-20-18-16-14-12-10-8-6-4-2/h5-8,11-14,17-20,23-25,27-29,54-56,58-66,68-73H,3-4,9-10,15-16,21-22,26,30-53H2,1-2H3/b7-5-,8-6-,13-11-,14-12-,19-17-,20-18-,25-23-,28-24-,29-27-. The first-order valence-electron chi connectivity index (χ1n) is 30.5. The fourth-order valence-electron chi connectivity index (χ4n) is 8.95. The molecule has 0 bridgehead atoms. The van der Waals surface area contributed by atoms with Crippen LogP contribution in [0.5, 0.6) is 0 Å². The van der Waals surface area contributed by atoms with Crippen LogP contribution in [0.4, 0.5) is 0 Å². The van der Waals surface area contributed by atoms with Crippen LogP contribution >= 0.6 is 0 Å². The summed E-state index contributed by atoms with van der Waals surface area (Å²) >= 11 is 0. The van der Waals surface area contributed by atoms with Gasteiger partial charge in [-0.1, -0.05) is 200 Å². The van der Waals surface area contributed by atoms with E-state index in [0.717, 1.165) is 109 Å². The molecule has 11 unspecified atom stereocenters. The summed E-state index contributed by atoms with van der Waals surface area (Å²) in [5.41, 5.74) is 0. The number of allylic oxidation sites excluding steroid dienone is 18. The molecule has 79 heavy (non-hydrogen) atoms. The molecule has 2 aliphatic rings. The Labute approximate surface area is 476 Å². The molecule has 0 aliphatic carbocycles. The minimum absolute atomic E-state index is 0.0452. The van der Waals surface area contributed by atoms with E-state index in [1.807, 2.05) is 0 Å². The fourth-order valence-corrected chi connectivity index (χ4v) is 8.95. The highest BCUT2D eigenvalue weighted by Gasteiger charge is 2.47. The van der Waals surface area contributed by atoms with E-state index in [9.17, 15) is 40.5 Å². The number of carbonyl (C=O) groups is 1. The summed E-state index contributed by atoms with van der Waals surface area (Å²) in [5.74, 6) is -0.391. The molecule has 0 radical (unpaired) electrons. The lowest BCUT2D eigenvalue weighted by molar-refractivity contribution is -0.332. The molecule has 11 atom stereocenters. The zero-order valence-corrected chi connectivity index (χ0v) is 48.6. The Balaban J connectivity index is 1.71. The molecule has 452 valence electrons. The number of hydrogen-bond donors (Lipinski definition) is 7. The van der Waals surface area contributed by atoms with E-state index in [1.165, 1.54) is 57.8 Å². The summed E-state index contributed by atoms with van der Waals surface area (Å²) in [6.07, 6.45) is 52.8. The number of aliphatic hydroxyl groups is 7. The lowest BCUT2D eigenvalue weighted by atomic mass is 9.98. The quantitative estimate of drug-likeness (QED) is 0.0172. The van der Waals surface area contributed by atoms with Gasteiger partial charge >= 0.3 is 5.97 Å². The van der Waals surface area contributed by atoms with Crippen molar-refractivity contribution in [3.05, 3.63) is 109 Å². The van der Waals surface area contributed by atoms with Crippen molar-refractivity contribution in [2.45, 2.75) is 261 Å². The van der Waals surface area contributed by atoms with E-state index in [2.05, 4.69) is 123 Å². The maximum absolute atomic E-state index is 13.1. The average molecular weight is 1110 g/mol. The molecule has 2 fully saturated rings. The van der Waals surface area contributed by atoms with Crippen molar-refractivity contribution in [3.63, 3.8) is 0 Å². The Hall–Kier alpha value is -3.35. The lowest BCUT2D eigenvalue weighted by Gasteiger charge is -2.42. The number of hydrogen-bond acceptors (Lipinski definition) is 14. The van der Waals surface area contributed by atoms with Crippen LogP contribution in [0.25, 0.3) is 0 Å². The lowest BCUT2D eigenvalue weighted by Crippen LogP contribution is -2.61. The molecule has 2 rings (SSSR count). The number of unbranched alkanes of at least 4 members (excludes halogenated alkanes) is 16. The molecule has 7 N–H and O–H groups in total. The van der Waals surface area contributed by atoms with Crippen molar-refractivity contribution in [3.8, 4) is 0 Å². The number of aliphatic hydroxyl groups excluding tert-OH is 7. The first-order chi connectivity index (χ1) is 38.6. The third kappa shape index (κ3) is 36.7. The molecular formula is C65H108O14. The van der Waals surface area contributed by atoms with Crippen LogP contribution in [0, 0.1) is 0 Å². The zero-order chi connectivity index (χ0) is 57.2. The van der Waals surface area contributed by atoms with Gasteiger partial charge in [0.2, 0.25) is 0 Å². The summed E-state index contributed by atoms with van der Waals surface area (Å²) in [7, 11) is 0. The highest BCUT2D eigenvalue weighted by Crippen LogP contribution is 2.26. The maximum Gasteiger partial charge on any atom is 0.306 e. The van der Waals surface area contributed by atoms with E-state index in [1.54, 1.807) is 0 Å². The summed E-state index contributed by atoms with van der Waals surface area (Å²) in [4.78, 5) is 13.1.